The zero-order chi connectivity index (χ0) is 17.6. The molecule has 0 bridgehead atoms. The lowest BCUT2D eigenvalue weighted by Gasteiger charge is -2.09. The molecule has 0 saturated heterocycles. The highest BCUT2D eigenvalue weighted by Gasteiger charge is 2.26. The van der Waals surface area contributed by atoms with Crippen LogP contribution < -0.4 is 4.74 Å². The van der Waals surface area contributed by atoms with Crippen molar-refractivity contribution >= 4 is 27.4 Å². The standard InChI is InChI=1S/C16H8F4O3S/c1-23-14-9(18)5-8(12(19)13(14)20)11-7-3-2-6(17)4-10(7)24-15(11)16(21)22/h2-5H,1H3,(H,21,22). The zero-order valence-corrected chi connectivity index (χ0v) is 12.8. The molecular formula is C16H8F4O3S. The van der Waals surface area contributed by atoms with E-state index >= 15 is 0 Å². The summed E-state index contributed by atoms with van der Waals surface area (Å²) < 4.78 is 60.3. The van der Waals surface area contributed by atoms with E-state index in [9.17, 15) is 27.5 Å². The number of thiophene rings is 1. The Hall–Kier alpha value is -2.61. The molecule has 2 aromatic carbocycles. The summed E-state index contributed by atoms with van der Waals surface area (Å²) in [7, 11) is 0.978. The van der Waals surface area contributed by atoms with Crippen LogP contribution in [0.2, 0.25) is 0 Å². The average Bonchev–Trinajstić information content (AvgIpc) is 2.90. The molecule has 0 aliphatic rings. The van der Waals surface area contributed by atoms with Gasteiger partial charge in [0.2, 0.25) is 5.82 Å². The molecular weight excluding hydrogens is 348 g/mol. The molecule has 0 amide bonds. The lowest BCUT2D eigenvalue weighted by Crippen LogP contribution is -2.01. The van der Waals surface area contributed by atoms with Crippen molar-refractivity contribution in [2.24, 2.45) is 0 Å². The van der Waals surface area contributed by atoms with Crippen molar-refractivity contribution < 1.29 is 32.2 Å². The number of ether oxygens (including phenoxy) is 1. The third kappa shape index (κ3) is 2.39. The van der Waals surface area contributed by atoms with E-state index in [4.69, 9.17) is 0 Å². The molecule has 1 N–H and O–H groups in total. The fraction of sp³-hybridized carbons (Fsp3) is 0.0625. The van der Waals surface area contributed by atoms with E-state index in [1.807, 2.05) is 0 Å². The number of aromatic carboxylic acids is 1. The minimum atomic E-state index is -1.56. The summed E-state index contributed by atoms with van der Waals surface area (Å²) in [6.07, 6.45) is 0. The lowest BCUT2D eigenvalue weighted by molar-refractivity contribution is 0.0703. The number of rotatable bonds is 3. The van der Waals surface area contributed by atoms with Crippen molar-refractivity contribution in [1.82, 2.24) is 0 Å². The van der Waals surface area contributed by atoms with Gasteiger partial charge in [0, 0.05) is 21.2 Å². The van der Waals surface area contributed by atoms with Crippen molar-refractivity contribution in [3.05, 3.63) is 52.4 Å². The van der Waals surface area contributed by atoms with Crippen LogP contribution in [0.4, 0.5) is 17.6 Å². The van der Waals surface area contributed by atoms with Crippen LogP contribution in [0.3, 0.4) is 0 Å². The SMILES string of the molecule is COc1c(F)cc(-c2c(C(=O)O)sc3cc(F)ccc23)c(F)c1F. The summed E-state index contributed by atoms with van der Waals surface area (Å²) in [6, 6.07) is 4.03. The van der Waals surface area contributed by atoms with Gasteiger partial charge in [0.05, 0.1) is 7.11 Å². The van der Waals surface area contributed by atoms with Crippen molar-refractivity contribution in [3.63, 3.8) is 0 Å². The van der Waals surface area contributed by atoms with E-state index in [1.165, 1.54) is 6.07 Å². The summed E-state index contributed by atoms with van der Waals surface area (Å²) in [5.74, 6) is -7.12. The van der Waals surface area contributed by atoms with Crippen LogP contribution in [0, 0.1) is 23.3 Å². The predicted octanol–water partition coefficient (Wildman–Crippen LogP) is 4.83. The number of hydrogen-bond acceptors (Lipinski definition) is 3. The molecule has 3 rings (SSSR count). The summed E-state index contributed by atoms with van der Waals surface area (Å²) >= 11 is 0.689. The van der Waals surface area contributed by atoms with E-state index in [0.29, 0.717) is 17.4 Å². The topological polar surface area (TPSA) is 46.5 Å². The third-order valence-electron chi connectivity index (χ3n) is 3.44. The normalized spacial score (nSPS) is 11.0. The Labute approximate surface area is 136 Å². The van der Waals surface area contributed by atoms with E-state index in [1.54, 1.807) is 0 Å². The molecule has 0 saturated carbocycles. The number of carbonyl (C=O) groups is 1. The molecule has 3 nitrogen and oxygen atoms in total. The van der Waals surface area contributed by atoms with Crippen LogP contribution in [-0.4, -0.2) is 18.2 Å². The largest absolute Gasteiger partial charge is 0.491 e. The molecule has 124 valence electrons. The molecule has 0 radical (unpaired) electrons. The highest BCUT2D eigenvalue weighted by Crippen LogP contribution is 2.42. The Morgan fingerprint density at radius 3 is 2.46 bits per heavy atom. The Kier molecular flexibility index (Phi) is 3.92. The van der Waals surface area contributed by atoms with Crippen LogP contribution >= 0.6 is 11.3 Å². The van der Waals surface area contributed by atoms with Gasteiger partial charge in [-0.15, -0.1) is 11.3 Å². The number of halogens is 4. The number of carboxylic acids is 1. The molecule has 24 heavy (non-hydrogen) atoms. The molecule has 0 aliphatic carbocycles. The van der Waals surface area contributed by atoms with Crippen LogP contribution in [0.1, 0.15) is 9.67 Å². The smallest absolute Gasteiger partial charge is 0.346 e. The summed E-state index contributed by atoms with van der Waals surface area (Å²) in [6.45, 7) is 0. The highest BCUT2D eigenvalue weighted by molar-refractivity contribution is 7.21. The Balaban J connectivity index is 2.42. The summed E-state index contributed by atoms with van der Waals surface area (Å²) in [4.78, 5) is 11.1. The lowest BCUT2D eigenvalue weighted by atomic mass is 10.0. The number of methoxy groups -OCH3 is 1. The molecule has 1 heterocycles. The van der Waals surface area contributed by atoms with Gasteiger partial charge in [-0.1, -0.05) is 0 Å². The maximum atomic E-state index is 14.4. The average molecular weight is 356 g/mol. The van der Waals surface area contributed by atoms with E-state index in [0.717, 1.165) is 19.2 Å². The van der Waals surface area contributed by atoms with Gasteiger partial charge in [0.25, 0.3) is 0 Å². The number of fused-ring (bicyclic) bond motifs is 1. The minimum absolute atomic E-state index is 0.182. The predicted molar refractivity (Wildman–Crippen MR) is 80.6 cm³/mol. The number of carboxylic acid groups (broad SMARTS) is 1. The Morgan fingerprint density at radius 2 is 1.83 bits per heavy atom. The Bertz CT molecular complexity index is 981. The van der Waals surface area contributed by atoms with Gasteiger partial charge in [-0.3, -0.25) is 0 Å². The summed E-state index contributed by atoms with van der Waals surface area (Å²) in [5.41, 5.74) is -0.776. The number of benzene rings is 2. The van der Waals surface area contributed by atoms with Gasteiger partial charge >= 0.3 is 5.97 Å². The van der Waals surface area contributed by atoms with Crippen molar-refractivity contribution in [2.75, 3.05) is 7.11 Å². The maximum absolute atomic E-state index is 14.4. The third-order valence-corrected chi connectivity index (χ3v) is 4.58. The zero-order valence-electron chi connectivity index (χ0n) is 12.0. The first-order valence-corrected chi connectivity index (χ1v) is 7.34. The van der Waals surface area contributed by atoms with Crippen LogP contribution in [-0.2, 0) is 0 Å². The van der Waals surface area contributed by atoms with Gasteiger partial charge in [-0.05, 0) is 24.3 Å². The first kappa shape index (κ1) is 16.3. The van der Waals surface area contributed by atoms with Gasteiger partial charge < -0.3 is 9.84 Å². The van der Waals surface area contributed by atoms with E-state index in [-0.39, 0.29) is 20.5 Å². The first-order valence-electron chi connectivity index (χ1n) is 6.52. The van der Waals surface area contributed by atoms with Crippen molar-refractivity contribution in [2.45, 2.75) is 0 Å². The van der Waals surface area contributed by atoms with E-state index in [2.05, 4.69) is 4.74 Å². The van der Waals surface area contributed by atoms with Crippen LogP contribution in [0.25, 0.3) is 21.2 Å². The monoisotopic (exact) mass is 356 g/mol. The summed E-state index contributed by atoms with van der Waals surface area (Å²) in [5, 5.41) is 9.49. The molecule has 1 aromatic heterocycles. The molecule has 3 aromatic rings. The van der Waals surface area contributed by atoms with Gasteiger partial charge in [0.15, 0.2) is 17.4 Å². The van der Waals surface area contributed by atoms with Gasteiger partial charge in [0.1, 0.15) is 10.7 Å². The molecule has 0 unspecified atom stereocenters. The highest BCUT2D eigenvalue weighted by atomic mass is 32.1. The molecule has 0 fully saturated rings. The molecule has 0 spiro atoms. The fourth-order valence-corrected chi connectivity index (χ4v) is 3.52. The first-order chi connectivity index (χ1) is 11.3. The second-order valence-corrected chi connectivity index (χ2v) is 5.87. The molecule has 0 atom stereocenters. The fourth-order valence-electron chi connectivity index (χ4n) is 2.44. The van der Waals surface area contributed by atoms with Crippen LogP contribution in [0.15, 0.2) is 24.3 Å². The van der Waals surface area contributed by atoms with Gasteiger partial charge in [-0.2, -0.15) is 4.39 Å². The quantitative estimate of drug-likeness (QED) is 0.540. The minimum Gasteiger partial charge on any atom is -0.491 e. The van der Waals surface area contributed by atoms with Crippen molar-refractivity contribution in [1.29, 1.82) is 0 Å². The number of hydrogen-bond donors (Lipinski definition) is 1. The Morgan fingerprint density at radius 1 is 1.12 bits per heavy atom. The van der Waals surface area contributed by atoms with Crippen LogP contribution in [0.5, 0.6) is 5.75 Å². The second-order valence-electron chi connectivity index (χ2n) is 4.82. The second kappa shape index (κ2) is 5.79. The molecule has 8 heteroatoms. The maximum Gasteiger partial charge on any atom is 0.346 e. The van der Waals surface area contributed by atoms with E-state index < -0.39 is 40.6 Å². The van der Waals surface area contributed by atoms with Gasteiger partial charge in [-0.25, -0.2) is 18.0 Å². The van der Waals surface area contributed by atoms with Crippen molar-refractivity contribution in [3.8, 4) is 16.9 Å². The molecule has 0 aliphatic heterocycles.